The van der Waals surface area contributed by atoms with Crippen LogP contribution in [0.2, 0.25) is 0 Å². The third-order valence-corrected chi connectivity index (χ3v) is 7.71. The van der Waals surface area contributed by atoms with Crippen LogP contribution in [0.15, 0.2) is 81.7 Å². The molecule has 1 aromatic heterocycles. The zero-order valence-electron chi connectivity index (χ0n) is 22.4. The molecular formula is C31H30N2O5S. The van der Waals surface area contributed by atoms with Gasteiger partial charge < -0.3 is 14.2 Å². The van der Waals surface area contributed by atoms with Crippen LogP contribution < -0.4 is 24.4 Å². The second kappa shape index (κ2) is 11.3. The highest BCUT2D eigenvalue weighted by atomic mass is 32.1. The molecule has 2 heterocycles. The Labute approximate surface area is 230 Å². The predicted molar refractivity (Wildman–Crippen MR) is 153 cm³/mol. The van der Waals surface area contributed by atoms with Crippen molar-refractivity contribution < 1.29 is 19.0 Å². The molecule has 0 fully saturated rings. The van der Waals surface area contributed by atoms with E-state index in [0.29, 0.717) is 32.8 Å². The van der Waals surface area contributed by atoms with Crippen molar-refractivity contribution in [2.24, 2.45) is 4.99 Å². The Hall–Kier alpha value is -4.17. The first-order chi connectivity index (χ1) is 19.0. The summed E-state index contributed by atoms with van der Waals surface area (Å²) >= 11 is 1.31. The molecule has 1 atom stereocenters. The van der Waals surface area contributed by atoms with Crippen molar-refractivity contribution in [3.63, 3.8) is 0 Å². The topological polar surface area (TPSA) is 79.1 Å². The number of fused-ring (bicyclic) bond motifs is 2. The van der Waals surface area contributed by atoms with Crippen molar-refractivity contribution in [2.45, 2.75) is 32.7 Å². The van der Waals surface area contributed by atoms with Gasteiger partial charge in [0, 0.05) is 5.56 Å². The summed E-state index contributed by atoms with van der Waals surface area (Å²) in [7, 11) is 3.21. The molecule has 0 saturated carbocycles. The van der Waals surface area contributed by atoms with Crippen LogP contribution in [0.3, 0.4) is 0 Å². The summed E-state index contributed by atoms with van der Waals surface area (Å²) in [5.74, 6) is 0.844. The molecule has 3 aromatic carbocycles. The number of methoxy groups -OCH3 is 2. The first-order valence-electron chi connectivity index (χ1n) is 12.9. The molecule has 0 bridgehead atoms. The summed E-state index contributed by atoms with van der Waals surface area (Å²) in [6, 6.07) is 18.5. The molecule has 200 valence electrons. The molecule has 0 saturated heterocycles. The maximum Gasteiger partial charge on any atom is 0.338 e. The number of aromatic nitrogens is 1. The van der Waals surface area contributed by atoms with Gasteiger partial charge in [0.05, 0.1) is 36.6 Å². The summed E-state index contributed by atoms with van der Waals surface area (Å²) in [4.78, 5) is 33.1. The number of allylic oxidation sites excluding steroid dienone is 1. The first kappa shape index (κ1) is 26.4. The number of carbonyl (C=O) groups excluding carboxylic acids is 1. The number of ether oxygens (including phenoxy) is 3. The Bertz CT molecular complexity index is 1750. The first-order valence-corrected chi connectivity index (χ1v) is 13.7. The molecule has 39 heavy (non-hydrogen) atoms. The van der Waals surface area contributed by atoms with Gasteiger partial charge in [-0.15, -0.1) is 0 Å². The van der Waals surface area contributed by atoms with Crippen molar-refractivity contribution >= 4 is 34.2 Å². The highest BCUT2D eigenvalue weighted by molar-refractivity contribution is 7.07. The predicted octanol–water partition coefficient (Wildman–Crippen LogP) is 4.75. The third-order valence-electron chi connectivity index (χ3n) is 6.73. The molecule has 0 amide bonds. The van der Waals surface area contributed by atoms with Crippen LogP contribution >= 0.6 is 11.3 Å². The van der Waals surface area contributed by atoms with E-state index in [4.69, 9.17) is 19.2 Å². The lowest BCUT2D eigenvalue weighted by Crippen LogP contribution is -2.40. The van der Waals surface area contributed by atoms with Gasteiger partial charge in [-0.1, -0.05) is 67.1 Å². The van der Waals surface area contributed by atoms with Crippen molar-refractivity contribution in [1.29, 1.82) is 0 Å². The highest BCUT2D eigenvalue weighted by Gasteiger charge is 2.37. The van der Waals surface area contributed by atoms with Crippen LogP contribution in [-0.2, 0) is 9.53 Å². The number of benzene rings is 3. The molecule has 1 aliphatic rings. The summed E-state index contributed by atoms with van der Waals surface area (Å²) in [6.45, 7) is 4.02. The highest BCUT2D eigenvalue weighted by Crippen LogP contribution is 2.41. The largest absolute Gasteiger partial charge is 0.497 e. The molecule has 0 unspecified atom stereocenters. The third kappa shape index (κ3) is 4.88. The van der Waals surface area contributed by atoms with Crippen molar-refractivity contribution in [1.82, 2.24) is 4.57 Å². The minimum absolute atomic E-state index is 0.211. The van der Waals surface area contributed by atoms with Gasteiger partial charge >= 0.3 is 5.97 Å². The lowest BCUT2D eigenvalue weighted by atomic mass is 9.90. The SMILES string of the molecule is CCCC1=C(C(=O)OCC)[C@@H](c2c(OC)ccc3ccccc23)n2c(sc(=Cc3ccc(OC)cc3)c2=O)=N1. The number of rotatable bonds is 8. The van der Waals surface area contributed by atoms with Crippen molar-refractivity contribution in [2.75, 3.05) is 20.8 Å². The van der Waals surface area contributed by atoms with Crippen LogP contribution in [0.4, 0.5) is 0 Å². The molecule has 0 radical (unpaired) electrons. The van der Waals surface area contributed by atoms with Gasteiger partial charge in [0.15, 0.2) is 4.80 Å². The summed E-state index contributed by atoms with van der Waals surface area (Å²) in [5.41, 5.74) is 2.37. The number of hydrogen-bond acceptors (Lipinski definition) is 7. The fraction of sp³-hybridized carbons (Fsp3) is 0.258. The minimum Gasteiger partial charge on any atom is -0.497 e. The zero-order chi connectivity index (χ0) is 27.5. The summed E-state index contributed by atoms with van der Waals surface area (Å²) < 4.78 is 18.8. The van der Waals surface area contributed by atoms with Crippen LogP contribution in [-0.4, -0.2) is 31.4 Å². The molecule has 0 spiro atoms. The van der Waals surface area contributed by atoms with E-state index in [2.05, 4.69) is 0 Å². The monoisotopic (exact) mass is 542 g/mol. The van der Waals surface area contributed by atoms with E-state index in [1.54, 1.807) is 25.7 Å². The molecular weight excluding hydrogens is 512 g/mol. The maximum atomic E-state index is 14.1. The average Bonchev–Trinajstić information content (AvgIpc) is 3.26. The van der Waals surface area contributed by atoms with Crippen LogP contribution in [0.5, 0.6) is 11.5 Å². The van der Waals surface area contributed by atoms with E-state index in [1.165, 1.54) is 11.3 Å². The van der Waals surface area contributed by atoms with E-state index < -0.39 is 12.0 Å². The zero-order valence-corrected chi connectivity index (χ0v) is 23.2. The van der Waals surface area contributed by atoms with Gasteiger partial charge in [-0.2, -0.15) is 0 Å². The Kier molecular flexibility index (Phi) is 7.65. The Morgan fingerprint density at radius 3 is 2.49 bits per heavy atom. The van der Waals surface area contributed by atoms with Gasteiger partial charge in [0.25, 0.3) is 5.56 Å². The van der Waals surface area contributed by atoms with E-state index in [-0.39, 0.29) is 12.2 Å². The number of hydrogen-bond donors (Lipinski definition) is 0. The Balaban J connectivity index is 1.85. The van der Waals surface area contributed by atoms with Crippen LogP contribution in [0.1, 0.15) is 43.9 Å². The van der Waals surface area contributed by atoms with Crippen LogP contribution in [0.25, 0.3) is 16.8 Å². The lowest BCUT2D eigenvalue weighted by molar-refractivity contribution is -0.139. The fourth-order valence-electron chi connectivity index (χ4n) is 4.98. The summed E-state index contributed by atoms with van der Waals surface area (Å²) in [5, 5.41) is 1.87. The lowest BCUT2D eigenvalue weighted by Gasteiger charge is -2.28. The van der Waals surface area contributed by atoms with Crippen molar-refractivity contribution in [3.05, 3.63) is 103 Å². The quantitative estimate of drug-likeness (QED) is 0.300. The molecule has 0 N–H and O–H groups in total. The second-order valence-electron chi connectivity index (χ2n) is 9.09. The molecule has 0 aliphatic carbocycles. The molecule has 8 heteroatoms. The van der Waals surface area contributed by atoms with Gasteiger partial charge in [0.1, 0.15) is 17.5 Å². The van der Waals surface area contributed by atoms with Gasteiger partial charge in [-0.3, -0.25) is 9.36 Å². The number of carbonyl (C=O) groups is 1. The molecule has 7 nitrogen and oxygen atoms in total. The average molecular weight is 543 g/mol. The Morgan fingerprint density at radius 1 is 1.03 bits per heavy atom. The van der Waals surface area contributed by atoms with Crippen LogP contribution in [0, 0.1) is 0 Å². The minimum atomic E-state index is -0.763. The number of esters is 1. The van der Waals surface area contributed by atoms with Gasteiger partial charge in [0.2, 0.25) is 0 Å². The number of nitrogens with zero attached hydrogens (tertiary/aromatic N) is 2. The van der Waals surface area contributed by atoms with E-state index in [1.807, 2.05) is 73.7 Å². The van der Waals surface area contributed by atoms with E-state index >= 15 is 0 Å². The standard InChI is InChI=1S/C31H30N2O5S/c1-5-9-23-27(30(35)38-6-2)28(26-22-11-8-7-10-20(22)14-17-24(26)37-4)33-29(34)25(39-31(33)32-23)18-19-12-15-21(36-3)16-13-19/h7-8,10-18,28H,5-6,9H2,1-4H3/t28-/m1/s1. The van der Waals surface area contributed by atoms with Gasteiger partial charge in [-0.05, 0) is 54.0 Å². The smallest absolute Gasteiger partial charge is 0.338 e. The molecule has 5 rings (SSSR count). The Morgan fingerprint density at radius 2 is 1.79 bits per heavy atom. The fourth-order valence-corrected chi connectivity index (χ4v) is 6.00. The van der Waals surface area contributed by atoms with E-state index in [9.17, 15) is 9.59 Å². The van der Waals surface area contributed by atoms with E-state index in [0.717, 1.165) is 34.1 Å². The second-order valence-corrected chi connectivity index (χ2v) is 10.1. The normalized spacial score (nSPS) is 15.2. The number of thiazole rings is 1. The van der Waals surface area contributed by atoms with Gasteiger partial charge in [-0.25, -0.2) is 9.79 Å². The molecule has 4 aromatic rings. The maximum absolute atomic E-state index is 14.1. The van der Waals surface area contributed by atoms with Crippen molar-refractivity contribution in [3.8, 4) is 11.5 Å². The summed E-state index contributed by atoms with van der Waals surface area (Å²) in [6.07, 6.45) is 3.19. The molecule has 1 aliphatic heterocycles.